The van der Waals surface area contributed by atoms with Gasteiger partial charge in [0, 0.05) is 11.8 Å². The lowest BCUT2D eigenvalue weighted by Gasteiger charge is -1.99. The van der Waals surface area contributed by atoms with Crippen LogP contribution in [0.3, 0.4) is 0 Å². The Morgan fingerprint density at radius 3 is 1.83 bits per heavy atom. The average Bonchev–Trinajstić information content (AvgIpc) is 2.87. The summed E-state index contributed by atoms with van der Waals surface area (Å²) in [4.78, 5) is 0. The van der Waals surface area contributed by atoms with Gasteiger partial charge in [0.15, 0.2) is 0 Å². The molecule has 0 bridgehead atoms. The van der Waals surface area contributed by atoms with E-state index >= 15 is 0 Å². The topological polar surface area (TPSA) is 26.3 Å². The van der Waals surface area contributed by atoms with Crippen molar-refractivity contribution in [2.45, 2.75) is 53.4 Å². The van der Waals surface area contributed by atoms with Crippen molar-refractivity contribution in [3.05, 3.63) is 47.3 Å². The summed E-state index contributed by atoms with van der Waals surface area (Å²) in [5.74, 6) is 3.21. The summed E-state index contributed by atoms with van der Waals surface area (Å²) in [5.41, 5.74) is 2.46. The third-order valence-electron chi connectivity index (χ3n) is 2.75. The molecule has 2 nitrogen and oxygen atoms in total. The van der Waals surface area contributed by atoms with E-state index in [4.69, 9.17) is 8.83 Å². The third kappa shape index (κ3) is 4.10. The summed E-state index contributed by atoms with van der Waals surface area (Å²) in [5, 5.41) is 0. The normalized spacial score (nSPS) is 10.7. The van der Waals surface area contributed by atoms with Gasteiger partial charge in [-0.25, -0.2) is 0 Å². The molecule has 0 aliphatic heterocycles. The van der Waals surface area contributed by atoms with Crippen LogP contribution >= 0.6 is 0 Å². The van der Waals surface area contributed by atoms with Gasteiger partial charge in [-0.05, 0) is 37.1 Å². The number of hydrogen-bond acceptors (Lipinski definition) is 2. The van der Waals surface area contributed by atoms with Crippen LogP contribution in [0.5, 0.6) is 0 Å². The summed E-state index contributed by atoms with van der Waals surface area (Å²) >= 11 is 0. The van der Waals surface area contributed by atoms with Gasteiger partial charge in [0.2, 0.25) is 0 Å². The molecule has 0 fully saturated rings. The first-order valence-electron chi connectivity index (χ1n) is 6.50. The molecule has 2 heteroatoms. The maximum absolute atomic E-state index is 5.23. The Kier molecular flexibility index (Phi) is 5.26. The summed E-state index contributed by atoms with van der Waals surface area (Å²) in [6.07, 6.45) is 3.53. The Labute approximate surface area is 110 Å². The number of aryl methyl sites for hydroxylation is 2. The highest BCUT2D eigenvalue weighted by Gasteiger charge is 2.04. The fourth-order valence-electron chi connectivity index (χ4n) is 1.73. The fraction of sp³-hybridized carbons (Fsp3) is 0.500. The number of furan rings is 2. The summed E-state index contributed by atoms with van der Waals surface area (Å²) < 4.78 is 10.5. The van der Waals surface area contributed by atoms with E-state index in [1.54, 1.807) is 12.5 Å². The third-order valence-corrected chi connectivity index (χ3v) is 2.75. The Morgan fingerprint density at radius 2 is 1.61 bits per heavy atom. The van der Waals surface area contributed by atoms with Gasteiger partial charge in [-0.3, -0.25) is 0 Å². The number of rotatable bonds is 2. The molecule has 0 amide bonds. The van der Waals surface area contributed by atoms with Crippen LogP contribution in [0.1, 0.15) is 62.2 Å². The van der Waals surface area contributed by atoms with Crippen LogP contribution in [0, 0.1) is 13.8 Å². The molecule has 0 aliphatic carbocycles. The van der Waals surface area contributed by atoms with Gasteiger partial charge in [-0.1, -0.05) is 27.7 Å². The first-order valence-corrected chi connectivity index (χ1v) is 6.50. The van der Waals surface area contributed by atoms with Crippen molar-refractivity contribution in [1.82, 2.24) is 0 Å². The van der Waals surface area contributed by atoms with Gasteiger partial charge in [-0.2, -0.15) is 0 Å². The predicted octanol–water partition coefficient (Wildman–Crippen LogP) is 5.42. The Bertz CT molecular complexity index is 461. The van der Waals surface area contributed by atoms with Gasteiger partial charge in [0.25, 0.3) is 0 Å². The molecular weight excluding hydrogens is 224 g/mol. The second-order valence-electron chi connectivity index (χ2n) is 5.30. The zero-order chi connectivity index (χ0) is 13.7. The highest BCUT2D eigenvalue weighted by Crippen LogP contribution is 2.18. The van der Waals surface area contributed by atoms with Crippen LogP contribution in [-0.2, 0) is 0 Å². The lowest BCUT2D eigenvalue weighted by Crippen LogP contribution is -1.84. The summed E-state index contributed by atoms with van der Waals surface area (Å²) in [6.45, 7) is 12.6. The first-order chi connectivity index (χ1) is 8.41. The van der Waals surface area contributed by atoms with E-state index in [2.05, 4.69) is 40.7 Å². The minimum absolute atomic E-state index is 0.513. The molecule has 2 heterocycles. The van der Waals surface area contributed by atoms with Crippen molar-refractivity contribution in [2.24, 2.45) is 0 Å². The molecule has 0 atom stereocenters. The van der Waals surface area contributed by atoms with Gasteiger partial charge in [-0.15, -0.1) is 0 Å². The standard InChI is InChI=1S/2C8H12O/c1-6(2)8-4-7(3)5-9-8;1-6(2)8-7(3)4-5-9-8/h2*4-6H,1-3H3. The fourth-order valence-corrected chi connectivity index (χ4v) is 1.73. The molecule has 0 saturated carbocycles. The highest BCUT2D eigenvalue weighted by molar-refractivity contribution is 5.17. The molecule has 2 aromatic rings. The molecular formula is C16H24O2. The molecule has 18 heavy (non-hydrogen) atoms. The monoisotopic (exact) mass is 248 g/mol. The van der Waals surface area contributed by atoms with E-state index in [0.717, 1.165) is 11.5 Å². The van der Waals surface area contributed by atoms with Crippen molar-refractivity contribution in [2.75, 3.05) is 0 Å². The van der Waals surface area contributed by atoms with E-state index in [1.807, 2.05) is 13.0 Å². The van der Waals surface area contributed by atoms with Gasteiger partial charge < -0.3 is 8.83 Å². The zero-order valence-electron chi connectivity index (χ0n) is 12.3. The second kappa shape index (κ2) is 6.48. The maximum atomic E-state index is 5.23. The SMILES string of the molecule is Cc1ccoc1C(C)C.Cc1coc(C(C)C)c1. The lowest BCUT2D eigenvalue weighted by atomic mass is 10.1. The second-order valence-corrected chi connectivity index (χ2v) is 5.30. The molecule has 0 N–H and O–H groups in total. The van der Waals surface area contributed by atoms with Crippen molar-refractivity contribution in [3.8, 4) is 0 Å². The summed E-state index contributed by atoms with van der Waals surface area (Å²) in [7, 11) is 0. The van der Waals surface area contributed by atoms with Crippen molar-refractivity contribution in [3.63, 3.8) is 0 Å². The largest absolute Gasteiger partial charge is 0.469 e. The molecule has 0 saturated heterocycles. The van der Waals surface area contributed by atoms with Crippen molar-refractivity contribution in [1.29, 1.82) is 0 Å². The van der Waals surface area contributed by atoms with Crippen molar-refractivity contribution >= 4 is 0 Å². The highest BCUT2D eigenvalue weighted by atomic mass is 16.3. The van der Waals surface area contributed by atoms with Crippen LogP contribution < -0.4 is 0 Å². The first kappa shape index (κ1) is 14.6. The molecule has 0 aromatic carbocycles. The van der Waals surface area contributed by atoms with Crippen LogP contribution in [-0.4, -0.2) is 0 Å². The van der Waals surface area contributed by atoms with Gasteiger partial charge in [0.05, 0.1) is 12.5 Å². The van der Waals surface area contributed by atoms with Crippen LogP contribution in [0.15, 0.2) is 33.5 Å². The summed E-state index contributed by atoms with van der Waals surface area (Å²) in [6, 6.07) is 4.07. The molecule has 0 aliphatic rings. The predicted molar refractivity (Wildman–Crippen MR) is 75.1 cm³/mol. The van der Waals surface area contributed by atoms with E-state index < -0.39 is 0 Å². The smallest absolute Gasteiger partial charge is 0.109 e. The number of hydrogen-bond donors (Lipinski definition) is 0. The molecule has 100 valence electrons. The Balaban J connectivity index is 0.000000180. The Hall–Kier alpha value is -1.44. The molecule has 0 unspecified atom stereocenters. The van der Waals surface area contributed by atoms with E-state index in [-0.39, 0.29) is 0 Å². The maximum Gasteiger partial charge on any atom is 0.109 e. The zero-order valence-corrected chi connectivity index (χ0v) is 12.3. The van der Waals surface area contributed by atoms with Gasteiger partial charge in [0.1, 0.15) is 11.5 Å². The van der Waals surface area contributed by atoms with E-state index in [9.17, 15) is 0 Å². The lowest BCUT2D eigenvalue weighted by molar-refractivity contribution is 0.484. The molecule has 0 radical (unpaired) electrons. The molecule has 2 aromatic heterocycles. The average molecular weight is 248 g/mol. The van der Waals surface area contributed by atoms with Crippen molar-refractivity contribution < 1.29 is 8.83 Å². The van der Waals surface area contributed by atoms with E-state index in [1.165, 1.54) is 11.1 Å². The van der Waals surface area contributed by atoms with Gasteiger partial charge >= 0.3 is 0 Å². The molecule has 2 rings (SSSR count). The molecule has 0 spiro atoms. The van der Waals surface area contributed by atoms with E-state index in [0.29, 0.717) is 11.8 Å². The minimum atomic E-state index is 0.513. The Morgan fingerprint density at radius 1 is 0.944 bits per heavy atom. The van der Waals surface area contributed by atoms with Crippen LogP contribution in [0.25, 0.3) is 0 Å². The quantitative estimate of drug-likeness (QED) is 0.709. The minimum Gasteiger partial charge on any atom is -0.469 e. The van der Waals surface area contributed by atoms with Crippen LogP contribution in [0.2, 0.25) is 0 Å². The van der Waals surface area contributed by atoms with Crippen LogP contribution in [0.4, 0.5) is 0 Å².